The van der Waals surface area contributed by atoms with Crippen LogP contribution in [0, 0.1) is 11.8 Å². The van der Waals surface area contributed by atoms with Crippen LogP contribution < -0.4 is 5.56 Å². The summed E-state index contributed by atoms with van der Waals surface area (Å²) in [5.41, 5.74) is 0.187. The van der Waals surface area contributed by atoms with Crippen molar-refractivity contribution in [3.8, 4) is 0 Å². The van der Waals surface area contributed by atoms with Crippen molar-refractivity contribution in [1.29, 1.82) is 0 Å². The van der Waals surface area contributed by atoms with Crippen LogP contribution in [-0.2, 0) is 4.79 Å². The van der Waals surface area contributed by atoms with Crippen molar-refractivity contribution in [3.63, 3.8) is 0 Å². The van der Waals surface area contributed by atoms with Crippen molar-refractivity contribution in [3.05, 3.63) is 34.2 Å². The summed E-state index contributed by atoms with van der Waals surface area (Å²) in [4.78, 5) is 46.1. The molecule has 0 aromatic carbocycles. The van der Waals surface area contributed by atoms with Gasteiger partial charge in [-0.2, -0.15) is 0 Å². The fourth-order valence-electron chi connectivity index (χ4n) is 5.31. The van der Waals surface area contributed by atoms with Crippen molar-refractivity contribution in [1.82, 2.24) is 19.7 Å². The maximum Gasteiger partial charge on any atom is 0.254 e. The van der Waals surface area contributed by atoms with Crippen LogP contribution in [0.15, 0.2) is 23.1 Å². The largest absolute Gasteiger partial charge is 0.338 e. The predicted octanol–water partition coefficient (Wildman–Crippen LogP) is 0.778. The van der Waals surface area contributed by atoms with E-state index in [2.05, 4.69) is 14.8 Å². The second-order valence-corrected chi connectivity index (χ2v) is 8.50. The number of carbonyl (C=O) groups is 2. The number of pyridine rings is 1. The molecule has 0 aliphatic carbocycles. The first-order chi connectivity index (χ1) is 12.9. The molecule has 3 aliphatic rings. The quantitative estimate of drug-likeness (QED) is 0.851. The van der Waals surface area contributed by atoms with Gasteiger partial charge in [-0.25, -0.2) is 0 Å². The lowest BCUT2D eigenvalue weighted by Gasteiger charge is -2.57. The number of carbonyl (C=O) groups excluding carboxylic acids is 2. The zero-order valence-electron chi connectivity index (χ0n) is 16.1. The predicted molar refractivity (Wildman–Crippen MR) is 101 cm³/mol. The number of likely N-dealkylation sites (N-methyl/N-ethyl adjacent to an activating group) is 1. The van der Waals surface area contributed by atoms with E-state index in [1.165, 1.54) is 12.3 Å². The third kappa shape index (κ3) is 3.40. The molecule has 3 fully saturated rings. The van der Waals surface area contributed by atoms with Crippen LogP contribution in [0.4, 0.5) is 0 Å². The molecule has 1 aromatic rings. The third-order valence-electron chi connectivity index (χ3n) is 6.36. The van der Waals surface area contributed by atoms with E-state index >= 15 is 0 Å². The van der Waals surface area contributed by atoms with Crippen molar-refractivity contribution in [2.75, 3.05) is 33.7 Å². The van der Waals surface area contributed by atoms with Gasteiger partial charge >= 0.3 is 0 Å². The second-order valence-electron chi connectivity index (χ2n) is 8.50. The molecule has 4 heterocycles. The highest BCUT2D eigenvalue weighted by molar-refractivity contribution is 5.94. The van der Waals surface area contributed by atoms with Crippen LogP contribution in [0.1, 0.15) is 36.0 Å². The first kappa shape index (κ1) is 18.2. The van der Waals surface area contributed by atoms with Gasteiger partial charge in [-0.05, 0) is 51.3 Å². The summed E-state index contributed by atoms with van der Waals surface area (Å²) < 4.78 is 0. The number of likely N-dealkylation sites (tertiary alicyclic amines) is 1. The minimum Gasteiger partial charge on any atom is -0.338 e. The molecule has 7 heteroatoms. The Hall–Kier alpha value is -2.15. The number of rotatable bonds is 3. The number of fused-ring (bicyclic) bond motifs is 4. The number of hydrogen-bond acceptors (Lipinski definition) is 4. The fraction of sp³-hybridized carbons (Fsp3) is 0.650. The lowest BCUT2D eigenvalue weighted by atomic mass is 9.72. The van der Waals surface area contributed by atoms with Crippen molar-refractivity contribution < 1.29 is 9.59 Å². The third-order valence-corrected chi connectivity index (χ3v) is 6.36. The molecule has 1 aromatic heterocycles. The van der Waals surface area contributed by atoms with Gasteiger partial charge in [0.25, 0.3) is 5.91 Å². The van der Waals surface area contributed by atoms with Crippen LogP contribution in [0.3, 0.4) is 0 Å². The maximum absolute atomic E-state index is 13.0. The van der Waals surface area contributed by atoms with E-state index in [4.69, 9.17) is 0 Å². The molecule has 7 nitrogen and oxygen atoms in total. The van der Waals surface area contributed by atoms with Crippen LogP contribution in [-0.4, -0.2) is 77.3 Å². The van der Waals surface area contributed by atoms with Gasteiger partial charge in [-0.3, -0.25) is 14.4 Å². The molecular weight excluding hydrogens is 344 g/mol. The van der Waals surface area contributed by atoms with E-state index in [1.807, 2.05) is 19.0 Å². The Kier molecular flexibility index (Phi) is 4.80. The first-order valence-corrected chi connectivity index (χ1v) is 9.88. The van der Waals surface area contributed by atoms with Gasteiger partial charge in [0, 0.05) is 56.0 Å². The van der Waals surface area contributed by atoms with Gasteiger partial charge in [0.2, 0.25) is 11.5 Å². The smallest absolute Gasteiger partial charge is 0.254 e. The van der Waals surface area contributed by atoms with E-state index in [9.17, 15) is 14.4 Å². The molecule has 27 heavy (non-hydrogen) atoms. The van der Waals surface area contributed by atoms with Crippen LogP contribution >= 0.6 is 0 Å². The van der Waals surface area contributed by atoms with Crippen molar-refractivity contribution >= 4 is 11.8 Å². The Morgan fingerprint density at radius 2 is 2.04 bits per heavy atom. The van der Waals surface area contributed by atoms with Gasteiger partial charge in [0.1, 0.15) is 0 Å². The number of aromatic amines is 1. The topological polar surface area (TPSA) is 76.7 Å². The molecule has 146 valence electrons. The van der Waals surface area contributed by atoms with Gasteiger partial charge in [-0.1, -0.05) is 0 Å². The highest BCUT2D eigenvalue weighted by Crippen LogP contribution is 2.42. The van der Waals surface area contributed by atoms with E-state index in [1.54, 1.807) is 6.07 Å². The molecule has 3 aliphatic heterocycles. The Balaban J connectivity index is 1.61. The zero-order valence-corrected chi connectivity index (χ0v) is 16.1. The normalized spacial score (nSPS) is 30.4. The lowest BCUT2D eigenvalue weighted by molar-refractivity contribution is -0.152. The summed E-state index contributed by atoms with van der Waals surface area (Å²) in [6.07, 6.45) is 5.22. The van der Waals surface area contributed by atoms with E-state index < -0.39 is 0 Å². The lowest BCUT2D eigenvalue weighted by Crippen LogP contribution is -2.67. The van der Waals surface area contributed by atoms with E-state index in [-0.39, 0.29) is 35.4 Å². The van der Waals surface area contributed by atoms with Crippen LogP contribution in [0.2, 0.25) is 0 Å². The molecule has 0 radical (unpaired) electrons. The molecule has 3 saturated heterocycles. The summed E-state index contributed by atoms with van der Waals surface area (Å²) in [7, 11) is 4.08. The molecular formula is C20H28N4O3. The number of amides is 2. The minimum absolute atomic E-state index is 0.0741. The Bertz CT molecular complexity index is 789. The van der Waals surface area contributed by atoms with Crippen molar-refractivity contribution in [2.24, 2.45) is 11.8 Å². The summed E-state index contributed by atoms with van der Waals surface area (Å²) in [6.45, 7) is 2.15. The number of hydrogen-bond donors (Lipinski definition) is 1. The molecule has 4 atom stereocenters. The number of H-pyrrole nitrogens is 1. The average Bonchev–Trinajstić information content (AvgIpc) is 2.64. The summed E-state index contributed by atoms with van der Waals surface area (Å²) in [5, 5.41) is 0. The highest BCUT2D eigenvalue weighted by Gasteiger charge is 2.50. The second kappa shape index (κ2) is 7.11. The standard InChI is InChI=1S/C20H28N4O3/c1-22(2)12-17-15-8-14(16-4-3-5-19(26)24(16)17)10-23(11-15)20(27)13-6-7-21-18(25)9-13/h6-7,9,14-17H,3-5,8,10-12H2,1-2H3,(H,21,25)/t14-,15+,16+,17+/m1/s1. The number of aromatic nitrogens is 1. The Morgan fingerprint density at radius 3 is 2.78 bits per heavy atom. The fourth-order valence-corrected chi connectivity index (χ4v) is 5.31. The zero-order chi connectivity index (χ0) is 19.1. The monoisotopic (exact) mass is 372 g/mol. The van der Waals surface area contributed by atoms with Crippen molar-refractivity contribution in [2.45, 2.75) is 37.8 Å². The maximum atomic E-state index is 13.0. The van der Waals surface area contributed by atoms with Gasteiger partial charge in [0.15, 0.2) is 0 Å². The number of nitrogens with zero attached hydrogens (tertiary/aromatic N) is 3. The molecule has 0 saturated carbocycles. The molecule has 0 spiro atoms. The summed E-state index contributed by atoms with van der Waals surface area (Å²) >= 11 is 0. The first-order valence-electron chi connectivity index (χ1n) is 9.88. The SMILES string of the molecule is CN(C)C[C@H]1[C@H]2C[C@H](CN(C(=O)c3cc[nH]c(=O)c3)C2)[C@@H]2CCCC(=O)N21. The van der Waals surface area contributed by atoms with E-state index in [0.29, 0.717) is 31.0 Å². The number of piperidine rings is 3. The van der Waals surface area contributed by atoms with Gasteiger partial charge in [-0.15, -0.1) is 0 Å². The van der Waals surface area contributed by atoms with E-state index in [0.717, 1.165) is 25.8 Å². The molecule has 2 bridgehead atoms. The average molecular weight is 372 g/mol. The molecule has 0 unspecified atom stereocenters. The Labute approximate surface area is 159 Å². The van der Waals surface area contributed by atoms with Crippen LogP contribution in [0.5, 0.6) is 0 Å². The van der Waals surface area contributed by atoms with Gasteiger partial charge in [0.05, 0.1) is 0 Å². The highest BCUT2D eigenvalue weighted by atomic mass is 16.2. The molecule has 2 amide bonds. The van der Waals surface area contributed by atoms with Gasteiger partial charge < -0.3 is 19.7 Å². The Morgan fingerprint density at radius 1 is 1.26 bits per heavy atom. The summed E-state index contributed by atoms with van der Waals surface area (Å²) in [6, 6.07) is 3.44. The molecule has 4 rings (SSSR count). The minimum atomic E-state index is -0.257. The van der Waals surface area contributed by atoms with Crippen LogP contribution in [0.25, 0.3) is 0 Å². The number of nitrogens with one attached hydrogen (secondary N) is 1. The molecule has 1 N–H and O–H groups in total. The summed E-state index contributed by atoms with van der Waals surface area (Å²) in [5.74, 6) is 0.824.